The molecule has 0 fully saturated rings. The van der Waals surface area contributed by atoms with E-state index >= 15 is 0 Å². The van der Waals surface area contributed by atoms with Crippen molar-refractivity contribution in [1.29, 1.82) is 0 Å². The molecule has 0 saturated heterocycles. The first-order chi connectivity index (χ1) is 5.59. The number of hydrogen-bond acceptors (Lipinski definition) is 3. The summed E-state index contributed by atoms with van der Waals surface area (Å²) in [5.41, 5.74) is 12.2. The van der Waals surface area contributed by atoms with Gasteiger partial charge in [0.15, 0.2) is 0 Å². The molecular weight excluding hydrogens is 154 g/mol. The second-order valence-electron chi connectivity index (χ2n) is 2.68. The molecule has 64 valence electrons. The summed E-state index contributed by atoms with van der Waals surface area (Å²) in [6.45, 7) is 1.87. The van der Waals surface area contributed by atoms with Crippen LogP contribution in [0.15, 0.2) is 12.3 Å². The molecule has 0 aliphatic heterocycles. The van der Waals surface area contributed by atoms with Gasteiger partial charge in [0.2, 0.25) is 5.91 Å². The van der Waals surface area contributed by atoms with Crippen molar-refractivity contribution in [3.63, 3.8) is 0 Å². The summed E-state index contributed by atoms with van der Waals surface area (Å²) >= 11 is 0. The van der Waals surface area contributed by atoms with E-state index in [2.05, 4.69) is 4.98 Å². The Balaban J connectivity index is 2.93. The van der Waals surface area contributed by atoms with Crippen LogP contribution < -0.4 is 11.5 Å². The van der Waals surface area contributed by atoms with Crippen LogP contribution in [0, 0.1) is 6.92 Å². The van der Waals surface area contributed by atoms with E-state index in [9.17, 15) is 4.79 Å². The molecule has 4 N–H and O–H groups in total. The van der Waals surface area contributed by atoms with Gasteiger partial charge in [0.1, 0.15) is 5.82 Å². The predicted molar refractivity (Wildman–Crippen MR) is 46.3 cm³/mol. The van der Waals surface area contributed by atoms with E-state index in [0.29, 0.717) is 5.82 Å². The molecule has 0 radical (unpaired) electrons. The van der Waals surface area contributed by atoms with Crippen LogP contribution in [0.3, 0.4) is 0 Å². The van der Waals surface area contributed by atoms with E-state index in [1.165, 1.54) is 0 Å². The van der Waals surface area contributed by atoms with Crippen LogP contribution in [0.25, 0.3) is 0 Å². The van der Waals surface area contributed by atoms with Crippen molar-refractivity contribution >= 4 is 11.7 Å². The van der Waals surface area contributed by atoms with Crippen LogP contribution in [-0.2, 0) is 11.2 Å². The van der Waals surface area contributed by atoms with Gasteiger partial charge >= 0.3 is 0 Å². The van der Waals surface area contributed by atoms with Gasteiger partial charge in [-0.1, -0.05) is 0 Å². The fourth-order valence-electron chi connectivity index (χ4n) is 0.979. The largest absolute Gasteiger partial charge is 0.384 e. The average Bonchev–Trinajstić information content (AvgIpc) is 1.94. The van der Waals surface area contributed by atoms with Crippen LogP contribution in [0.2, 0.25) is 0 Å². The van der Waals surface area contributed by atoms with E-state index in [4.69, 9.17) is 11.5 Å². The highest BCUT2D eigenvalue weighted by molar-refractivity contribution is 5.76. The number of amides is 1. The fourth-order valence-corrected chi connectivity index (χ4v) is 0.979. The third-order valence-corrected chi connectivity index (χ3v) is 1.61. The van der Waals surface area contributed by atoms with E-state index < -0.39 is 0 Å². The highest BCUT2D eigenvalue weighted by Crippen LogP contribution is 2.09. The lowest BCUT2D eigenvalue weighted by atomic mass is 10.1. The molecule has 0 aliphatic carbocycles. The molecule has 0 bridgehead atoms. The number of anilines is 1. The van der Waals surface area contributed by atoms with Crippen molar-refractivity contribution in [3.05, 3.63) is 23.4 Å². The molecular formula is C8H11N3O. The summed E-state index contributed by atoms with van der Waals surface area (Å²) in [4.78, 5) is 14.4. The van der Waals surface area contributed by atoms with Crippen molar-refractivity contribution in [1.82, 2.24) is 4.98 Å². The van der Waals surface area contributed by atoms with E-state index in [-0.39, 0.29) is 12.3 Å². The third kappa shape index (κ3) is 1.95. The summed E-state index contributed by atoms with van der Waals surface area (Å²) in [6.07, 6.45) is 1.80. The van der Waals surface area contributed by atoms with Crippen LogP contribution >= 0.6 is 0 Å². The fraction of sp³-hybridized carbons (Fsp3) is 0.250. The number of carbonyl (C=O) groups is 1. The number of primary amides is 1. The average molecular weight is 165 g/mol. The molecule has 1 aromatic heterocycles. The Morgan fingerprint density at radius 2 is 2.33 bits per heavy atom. The predicted octanol–water partition coefficient (Wildman–Crippen LogP) is 0.0000200. The number of nitrogens with two attached hydrogens (primary N) is 2. The Bertz CT molecular complexity index is 309. The Morgan fingerprint density at radius 1 is 1.67 bits per heavy atom. The minimum absolute atomic E-state index is 0.221. The van der Waals surface area contributed by atoms with Crippen molar-refractivity contribution in [2.24, 2.45) is 5.73 Å². The zero-order valence-corrected chi connectivity index (χ0v) is 6.87. The highest BCUT2D eigenvalue weighted by Gasteiger charge is 2.02. The summed E-state index contributed by atoms with van der Waals surface area (Å²) in [5.74, 6) is 0.102. The molecule has 0 saturated carbocycles. The highest BCUT2D eigenvalue weighted by atomic mass is 16.1. The molecule has 12 heavy (non-hydrogen) atoms. The maximum Gasteiger partial charge on any atom is 0.221 e. The van der Waals surface area contributed by atoms with Crippen molar-refractivity contribution in [2.75, 3.05) is 5.73 Å². The second-order valence-corrected chi connectivity index (χ2v) is 2.68. The van der Waals surface area contributed by atoms with Crippen LogP contribution in [0.5, 0.6) is 0 Å². The zero-order chi connectivity index (χ0) is 9.14. The van der Waals surface area contributed by atoms with Gasteiger partial charge in [-0.3, -0.25) is 4.79 Å². The molecule has 4 nitrogen and oxygen atoms in total. The topological polar surface area (TPSA) is 82.0 Å². The molecule has 1 amide bonds. The van der Waals surface area contributed by atoms with E-state index in [1.807, 2.05) is 6.92 Å². The molecule has 1 heterocycles. The molecule has 0 unspecified atom stereocenters. The molecule has 1 aromatic rings. The summed E-state index contributed by atoms with van der Waals surface area (Å²) in [5, 5.41) is 0. The Kier molecular flexibility index (Phi) is 2.28. The lowest BCUT2D eigenvalue weighted by molar-refractivity contribution is -0.117. The maximum atomic E-state index is 10.6. The van der Waals surface area contributed by atoms with Gasteiger partial charge in [-0.25, -0.2) is 4.98 Å². The number of aryl methyl sites for hydroxylation is 1. The number of aromatic nitrogens is 1. The van der Waals surface area contributed by atoms with Crippen LogP contribution in [0.1, 0.15) is 11.1 Å². The maximum absolute atomic E-state index is 10.6. The number of carbonyl (C=O) groups excluding carboxylic acids is 1. The Morgan fingerprint density at radius 3 is 2.83 bits per heavy atom. The number of rotatable bonds is 2. The second kappa shape index (κ2) is 3.21. The van der Waals surface area contributed by atoms with Gasteiger partial charge in [-0.15, -0.1) is 0 Å². The van der Waals surface area contributed by atoms with E-state index in [1.54, 1.807) is 12.3 Å². The molecule has 0 aliphatic rings. The van der Waals surface area contributed by atoms with Gasteiger partial charge in [-0.2, -0.15) is 0 Å². The van der Waals surface area contributed by atoms with Crippen molar-refractivity contribution in [3.8, 4) is 0 Å². The molecule has 0 aromatic carbocycles. The quantitative estimate of drug-likeness (QED) is 0.647. The molecule has 4 heteroatoms. The number of hydrogen-bond donors (Lipinski definition) is 2. The Hall–Kier alpha value is -1.58. The van der Waals surface area contributed by atoms with Crippen molar-refractivity contribution in [2.45, 2.75) is 13.3 Å². The number of nitrogens with zero attached hydrogens (tertiary/aromatic N) is 1. The first-order valence-corrected chi connectivity index (χ1v) is 3.59. The lowest BCUT2D eigenvalue weighted by Gasteiger charge is -2.02. The van der Waals surface area contributed by atoms with Gasteiger partial charge in [0.25, 0.3) is 0 Å². The Labute approximate surface area is 70.6 Å². The summed E-state index contributed by atoms with van der Waals surface area (Å²) in [6, 6.07) is 1.72. The zero-order valence-electron chi connectivity index (χ0n) is 6.87. The SMILES string of the molecule is Cc1cc(N)ncc1CC(N)=O. The standard InChI is InChI=1S/C8H11N3O/c1-5-2-7(9)11-4-6(5)3-8(10)12/h2,4H,3H2,1H3,(H2,9,11)(H2,10,12). The van der Waals surface area contributed by atoms with Crippen LogP contribution in [0.4, 0.5) is 5.82 Å². The normalized spacial score (nSPS) is 9.75. The van der Waals surface area contributed by atoms with Gasteiger partial charge in [0.05, 0.1) is 6.42 Å². The van der Waals surface area contributed by atoms with Crippen molar-refractivity contribution < 1.29 is 4.79 Å². The lowest BCUT2D eigenvalue weighted by Crippen LogP contribution is -2.14. The molecule has 0 atom stereocenters. The van der Waals surface area contributed by atoms with Crippen LogP contribution in [-0.4, -0.2) is 10.9 Å². The molecule has 1 rings (SSSR count). The van der Waals surface area contributed by atoms with Gasteiger partial charge in [-0.05, 0) is 24.1 Å². The minimum Gasteiger partial charge on any atom is -0.384 e. The first kappa shape index (κ1) is 8.52. The molecule has 0 spiro atoms. The number of pyridine rings is 1. The summed E-state index contributed by atoms with van der Waals surface area (Å²) in [7, 11) is 0. The van der Waals surface area contributed by atoms with Gasteiger partial charge < -0.3 is 11.5 Å². The smallest absolute Gasteiger partial charge is 0.221 e. The summed E-state index contributed by atoms with van der Waals surface area (Å²) < 4.78 is 0. The first-order valence-electron chi connectivity index (χ1n) is 3.59. The number of nitrogen functional groups attached to an aromatic ring is 1. The van der Waals surface area contributed by atoms with E-state index in [0.717, 1.165) is 11.1 Å². The minimum atomic E-state index is -0.357. The van der Waals surface area contributed by atoms with Gasteiger partial charge in [0, 0.05) is 6.20 Å². The third-order valence-electron chi connectivity index (χ3n) is 1.61. The monoisotopic (exact) mass is 165 g/mol.